The number of hydrogen-bond donors (Lipinski definition) is 1. The molecule has 0 radical (unpaired) electrons. The summed E-state index contributed by atoms with van der Waals surface area (Å²) in [4.78, 5) is 15.7. The fourth-order valence-electron chi connectivity index (χ4n) is 4.84. The number of nitrogens with one attached hydrogen (secondary N) is 1. The van der Waals surface area contributed by atoms with Crippen LogP contribution in [0.3, 0.4) is 0 Å². The first-order valence-corrected chi connectivity index (χ1v) is 11.0. The Morgan fingerprint density at radius 2 is 1.87 bits per heavy atom. The molecule has 2 fully saturated rings. The number of benzene rings is 1. The Balaban J connectivity index is 1.52. The van der Waals surface area contributed by atoms with Crippen LogP contribution in [-0.4, -0.2) is 51.0 Å². The molecule has 0 unspecified atom stereocenters. The van der Waals surface area contributed by atoms with E-state index < -0.39 is 0 Å². The van der Waals surface area contributed by atoms with E-state index in [4.69, 9.17) is 19.8 Å². The van der Waals surface area contributed by atoms with Gasteiger partial charge in [-0.3, -0.25) is 0 Å². The van der Waals surface area contributed by atoms with Crippen molar-refractivity contribution in [3.8, 4) is 11.4 Å². The molecule has 1 aliphatic heterocycles. The fourth-order valence-corrected chi connectivity index (χ4v) is 4.84. The second kappa shape index (κ2) is 7.40. The number of fused-ring (bicyclic) bond motifs is 2. The van der Waals surface area contributed by atoms with E-state index >= 15 is 0 Å². The molecule has 3 aromatic heterocycles. The molecule has 4 aromatic rings. The number of ether oxygens (including phenoxy) is 1. The zero-order valence-corrected chi connectivity index (χ0v) is 17.0. The summed E-state index contributed by atoms with van der Waals surface area (Å²) >= 11 is 0. The third-order valence-electron chi connectivity index (χ3n) is 6.48. The van der Waals surface area contributed by atoms with Crippen molar-refractivity contribution in [2.45, 2.75) is 38.1 Å². The van der Waals surface area contributed by atoms with Gasteiger partial charge in [-0.15, -0.1) is 0 Å². The predicted molar refractivity (Wildman–Crippen MR) is 118 cm³/mol. The number of aromatic nitrogens is 5. The minimum absolute atomic E-state index is 0.434. The van der Waals surface area contributed by atoms with Gasteiger partial charge in [-0.1, -0.05) is 19.3 Å². The summed E-state index contributed by atoms with van der Waals surface area (Å²) in [6, 6.07) is 8.89. The van der Waals surface area contributed by atoms with Crippen molar-refractivity contribution >= 4 is 27.8 Å². The van der Waals surface area contributed by atoms with Gasteiger partial charge in [0.25, 0.3) is 0 Å². The smallest absolute Gasteiger partial charge is 0.164 e. The van der Waals surface area contributed by atoms with E-state index in [1.807, 2.05) is 12.4 Å². The first-order valence-electron chi connectivity index (χ1n) is 11.0. The lowest BCUT2D eigenvalue weighted by Gasteiger charge is -2.28. The van der Waals surface area contributed by atoms with E-state index in [2.05, 4.69) is 38.8 Å². The molecule has 0 bridgehead atoms. The molecule has 1 aromatic carbocycles. The topological polar surface area (TPSA) is 71.9 Å². The Morgan fingerprint density at radius 3 is 2.73 bits per heavy atom. The summed E-state index contributed by atoms with van der Waals surface area (Å²) < 4.78 is 7.74. The molecule has 0 amide bonds. The van der Waals surface area contributed by atoms with E-state index in [0.29, 0.717) is 6.04 Å². The van der Waals surface area contributed by atoms with Gasteiger partial charge in [-0.25, -0.2) is 14.6 Å². The highest BCUT2D eigenvalue weighted by atomic mass is 16.5. The van der Waals surface area contributed by atoms with Crippen LogP contribution in [0, 0.1) is 0 Å². The second-order valence-electron chi connectivity index (χ2n) is 8.37. The van der Waals surface area contributed by atoms with E-state index in [-0.39, 0.29) is 0 Å². The van der Waals surface area contributed by atoms with Gasteiger partial charge in [0.15, 0.2) is 11.5 Å². The molecule has 0 atom stereocenters. The van der Waals surface area contributed by atoms with Crippen molar-refractivity contribution in [3.63, 3.8) is 0 Å². The molecule has 1 N–H and O–H groups in total. The van der Waals surface area contributed by atoms with E-state index in [9.17, 15) is 0 Å². The number of morpholine rings is 1. The minimum Gasteiger partial charge on any atom is -0.378 e. The molecule has 7 nitrogen and oxygen atoms in total. The summed E-state index contributed by atoms with van der Waals surface area (Å²) in [7, 11) is 0. The zero-order chi connectivity index (χ0) is 19.9. The molecule has 2 aliphatic rings. The first kappa shape index (κ1) is 17.9. The summed E-state index contributed by atoms with van der Waals surface area (Å²) in [5, 5.41) is 7.02. The summed E-state index contributed by atoms with van der Waals surface area (Å²) in [5.41, 5.74) is 3.12. The van der Waals surface area contributed by atoms with Gasteiger partial charge in [0, 0.05) is 35.8 Å². The lowest BCUT2D eigenvalue weighted by Crippen LogP contribution is -2.37. The van der Waals surface area contributed by atoms with Crippen LogP contribution in [0.25, 0.3) is 33.3 Å². The van der Waals surface area contributed by atoms with Crippen LogP contribution in [0.2, 0.25) is 0 Å². The summed E-state index contributed by atoms with van der Waals surface area (Å²) in [6.07, 6.45) is 10.2. The molecular weight excluding hydrogens is 376 g/mol. The lowest BCUT2D eigenvalue weighted by molar-refractivity contribution is 0.122. The van der Waals surface area contributed by atoms with Crippen LogP contribution in [0.15, 0.2) is 36.7 Å². The Labute approximate surface area is 175 Å². The monoisotopic (exact) mass is 402 g/mol. The number of hydrogen-bond acceptors (Lipinski definition) is 5. The maximum atomic E-state index is 5.58. The molecule has 1 aliphatic carbocycles. The van der Waals surface area contributed by atoms with Crippen molar-refractivity contribution in [2.75, 3.05) is 31.2 Å². The first-order chi connectivity index (χ1) is 14.9. The molecule has 30 heavy (non-hydrogen) atoms. The van der Waals surface area contributed by atoms with Crippen LogP contribution in [0.5, 0.6) is 0 Å². The van der Waals surface area contributed by atoms with Gasteiger partial charge in [0.2, 0.25) is 0 Å². The lowest BCUT2D eigenvalue weighted by atomic mass is 9.96. The molecular formula is C23H26N6O. The highest BCUT2D eigenvalue weighted by Gasteiger charge is 2.24. The number of anilines is 1. The van der Waals surface area contributed by atoms with Gasteiger partial charge in [0.1, 0.15) is 5.82 Å². The average molecular weight is 403 g/mol. The Morgan fingerprint density at radius 1 is 1.00 bits per heavy atom. The number of H-pyrrole nitrogens is 1. The third-order valence-corrected chi connectivity index (χ3v) is 6.48. The largest absolute Gasteiger partial charge is 0.378 e. The van der Waals surface area contributed by atoms with Crippen molar-refractivity contribution in [3.05, 3.63) is 36.7 Å². The third kappa shape index (κ3) is 3.04. The van der Waals surface area contributed by atoms with E-state index in [1.165, 1.54) is 37.5 Å². The molecule has 6 rings (SSSR count). The normalized spacial score (nSPS) is 18.5. The summed E-state index contributed by atoms with van der Waals surface area (Å²) in [5.74, 6) is 1.75. The van der Waals surface area contributed by atoms with Crippen LogP contribution in [-0.2, 0) is 4.74 Å². The molecule has 1 saturated heterocycles. The second-order valence-corrected chi connectivity index (χ2v) is 8.37. The van der Waals surface area contributed by atoms with Gasteiger partial charge < -0.3 is 14.6 Å². The summed E-state index contributed by atoms with van der Waals surface area (Å²) in [6.45, 7) is 3.15. The van der Waals surface area contributed by atoms with Crippen LogP contribution >= 0.6 is 0 Å². The van der Waals surface area contributed by atoms with Crippen LogP contribution < -0.4 is 4.90 Å². The molecule has 154 valence electrons. The quantitative estimate of drug-likeness (QED) is 0.553. The van der Waals surface area contributed by atoms with Gasteiger partial charge >= 0.3 is 0 Å². The Hall–Kier alpha value is -2.93. The molecule has 0 spiro atoms. The number of nitrogens with zero attached hydrogens (tertiary/aromatic N) is 5. The van der Waals surface area contributed by atoms with E-state index in [1.54, 1.807) is 0 Å². The Bertz CT molecular complexity index is 1180. The average Bonchev–Trinajstić information content (AvgIpc) is 3.46. The highest BCUT2D eigenvalue weighted by molar-refractivity contribution is 5.90. The highest BCUT2D eigenvalue weighted by Crippen LogP contribution is 2.34. The van der Waals surface area contributed by atoms with Crippen molar-refractivity contribution < 1.29 is 4.74 Å². The van der Waals surface area contributed by atoms with Crippen LogP contribution in [0.1, 0.15) is 38.1 Å². The predicted octanol–water partition coefficient (Wildman–Crippen LogP) is 4.32. The van der Waals surface area contributed by atoms with Gasteiger partial charge in [0.05, 0.1) is 30.8 Å². The van der Waals surface area contributed by atoms with Gasteiger partial charge in [-0.2, -0.15) is 5.10 Å². The number of rotatable bonds is 3. The van der Waals surface area contributed by atoms with Crippen molar-refractivity contribution in [2.24, 2.45) is 0 Å². The van der Waals surface area contributed by atoms with Gasteiger partial charge in [-0.05, 0) is 37.1 Å². The SMILES string of the molecule is c1cc2cc(-c3nc(N4CCOCC4)c4cnn(C5CCCCC5)c4n3)ccc2[nH]1. The fraction of sp³-hybridized carbons (Fsp3) is 0.435. The zero-order valence-electron chi connectivity index (χ0n) is 17.0. The maximum Gasteiger partial charge on any atom is 0.164 e. The molecule has 7 heteroatoms. The van der Waals surface area contributed by atoms with Crippen molar-refractivity contribution in [1.82, 2.24) is 24.7 Å². The van der Waals surface area contributed by atoms with E-state index in [0.717, 1.165) is 60.1 Å². The van der Waals surface area contributed by atoms with Crippen molar-refractivity contribution in [1.29, 1.82) is 0 Å². The molecule has 1 saturated carbocycles. The molecule has 4 heterocycles. The minimum atomic E-state index is 0.434. The number of aromatic amines is 1. The Kier molecular flexibility index (Phi) is 4.41. The van der Waals surface area contributed by atoms with Crippen LogP contribution in [0.4, 0.5) is 5.82 Å². The maximum absolute atomic E-state index is 5.58. The standard InChI is InChI=1S/C23H26N6O/c1-2-4-18(5-3-1)29-23-19(15-25-29)22(28-10-12-30-13-11-28)26-21(27-23)17-6-7-20-16(14-17)8-9-24-20/h6-9,14-15,18,24H,1-5,10-13H2.